The summed E-state index contributed by atoms with van der Waals surface area (Å²) in [6.45, 7) is 0. The molecule has 0 saturated carbocycles. The fraction of sp³-hybridized carbons (Fsp3) is 0.0741. The lowest BCUT2D eigenvalue weighted by atomic mass is 10.0. The van der Waals surface area contributed by atoms with Gasteiger partial charge in [-0.05, 0) is 52.7 Å². The van der Waals surface area contributed by atoms with Crippen molar-refractivity contribution in [1.29, 1.82) is 0 Å². The highest BCUT2D eigenvalue weighted by Crippen LogP contribution is 2.30. The molecule has 0 aromatic heterocycles. The Morgan fingerprint density at radius 3 is 0.492 bits per heavy atom. The summed E-state index contributed by atoms with van der Waals surface area (Å²) in [6.07, 6.45) is 0. The van der Waals surface area contributed by atoms with Crippen LogP contribution in [0.4, 0.5) is 0 Å². The van der Waals surface area contributed by atoms with Crippen LogP contribution in [0, 0.1) is 0 Å². The quantitative estimate of drug-likeness (QED) is 0.0672. The first-order valence-electron chi connectivity index (χ1n) is 20.2. The van der Waals surface area contributed by atoms with Crippen LogP contribution < -0.4 is 0 Å². The van der Waals surface area contributed by atoms with Crippen molar-refractivity contribution in [3.63, 3.8) is 0 Å². The standard InChI is InChI=1S/C54H44SSi4/c1-9-25-41(26-10-1)49(42-27-11-2-12-28-42)56-53(57-50(43-29-13-3-14-30-43)44-31-15-4-16-32-44)55-54(58-51(45-33-17-5-18-34-45)46-35-19-6-20-36-46)59-52(47-37-21-7-22-38-47)48-39-23-8-24-40-48/h1-40,49-52H. The zero-order valence-corrected chi connectivity index (χ0v) is 37.6. The maximum Gasteiger partial charge on any atom is 0.0967 e. The van der Waals surface area contributed by atoms with Gasteiger partial charge in [-0.3, -0.25) is 0 Å². The van der Waals surface area contributed by atoms with Crippen molar-refractivity contribution in [2.24, 2.45) is 0 Å². The summed E-state index contributed by atoms with van der Waals surface area (Å²) in [5.41, 5.74) is 12.0. The summed E-state index contributed by atoms with van der Waals surface area (Å²) in [5.74, 6) is 0. The predicted molar refractivity (Wildman–Crippen MR) is 260 cm³/mol. The third-order valence-electron chi connectivity index (χ3n) is 10.4. The van der Waals surface area contributed by atoms with E-state index in [0.717, 1.165) is 0 Å². The van der Waals surface area contributed by atoms with Crippen molar-refractivity contribution in [3.05, 3.63) is 287 Å². The highest BCUT2D eigenvalue weighted by atomic mass is 32.1. The van der Waals surface area contributed by atoms with Gasteiger partial charge in [-0.2, -0.15) is 10.9 Å². The molecule has 0 N–H and O–H groups in total. The van der Waals surface area contributed by atoms with Gasteiger partial charge in [0.05, 0.1) is 38.1 Å². The smallest absolute Gasteiger partial charge is 0.0967 e. The van der Waals surface area contributed by atoms with E-state index in [9.17, 15) is 0 Å². The van der Waals surface area contributed by atoms with Gasteiger partial charge in [0.15, 0.2) is 0 Å². The molecule has 0 nitrogen and oxygen atoms in total. The van der Waals surface area contributed by atoms with Crippen molar-refractivity contribution >= 4 is 57.2 Å². The summed E-state index contributed by atoms with van der Waals surface area (Å²) in [7, 11) is 4.48. The van der Waals surface area contributed by atoms with Crippen LogP contribution in [0.5, 0.6) is 0 Å². The summed E-state index contributed by atoms with van der Waals surface area (Å²) in [4.78, 5) is 0. The molecule has 0 amide bonds. The van der Waals surface area contributed by atoms with Crippen LogP contribution in [-0.4, -0.2) is 46.3 Å². The van der Waals surface area contributed by atoms with Crippen LogP contribution in [0.2, 0.25) is 0 Å². The topological polar surface area (TPSA) is 0 Å². The number of hydrogen-bond donors (Lipinski definition) is 0. The molecule has 0 aliphatic heterocycles. The maximum atomic E-state index is 2.33. The van der Waals surface area contributed by atoms with Crippen molar-refractivity contribution in [3.8, 4) is 0 Å². The van der Waals surface area contributed by atoms with Gasteiger partial charge in [0.2, 0.25) is 0 Å². The fourth-order valence-electron chi connectivity index (χ4n) is 7.43. The molecule has 0 fully saturated rings. The van der Waals surface area contributed by atoms with Crippen molar-refractivity contribution in [1.82, 2.24) is 0 Å². The first-order valence-corrected chi connectivity index (χ1v) is 25.3. The van der Waals surface area contributed by atoms with E-state index in [1.54, 1.807) is 8.22 Å². The molecule has 0 spiro atoms. The predicted octanol–water partition coefficient (Wildman–Crippen LogP) is 11.9. The van der Waals surface area contributed by atoms with E-state index in [1.165, 1.54) is 44.5 Å². The zero-order chi connectivity index (χ0) is 39.9. The van der Waals surface area contributed by atoms with Gasteiger partial charge in [0.25, 0.3) is 0 Å². The molecule has 8 aromatic carbocycles. The van der Waals surface area contributed by atoms with Gasteiger partial charge in [-0.15, -0.1) is 0 Å². The molecule has 0 unspecified atom stereocenters. The minimum absolute atomic E-state index is 0.255. The van der Waals surface area contributed by atoms with Crippen molar-refractivity contribution < 1.29 is 0 Å². The fourth-order valence-corrected chi connectivity index (χ4v) is 18.8. The molecule has 8 aromatic rings. The summed E-state index contributed by atoms with van der Waals surface area (Å²) < 4.78 is 3.16. The van der Waals surface area contributed by atoms with Crippen LogP contribution in [-0.2, 0) is 0 Å². The Morgan fingerprint density at radius 1 is 0.220 bits per heavy atom. The first-order chi connectivity index (χ1) is 29.3. The zero-order valence-electron chi connectivity index (χ0n) is 32.8. The van der Waals surface area contributed by atoms with Gasteiger partial charge in [-0.1, -0.05) is 243 Å². The van der Waals surface area contributed by atoms with Crippen molar-refractivity contribution in [2.75, 3.05) is 0 Å². The van der Waals surface area contributed by atoms with E-state index in [1.807, 2.05) is 0 Å². The average Bonchev–Trinajstić information content (AvgIpc) is 3.32. The Hall–Kier alpha value is -5.41. The third-order valence-corrected chi connectivity index (χ3v) is 20.0. The lowest BCUT2D eigenvalue weighted by molar-refractivity contribution is 1.13. The van der Waals surface area contributed by atoms with Gasteiger partial charge < -0.3 is 0 Å². The second kappa shape index (κ2) is 21.0. The summed E-state index contributed by atoms with van der Waals surface area (Å²) in [6, 6.07) is 89.7. The number of rotatable bonds is 16. The minimum atomic E-state index is 0.255. The molecule has 0 atom stereocenters. The van der Waals surface area contributed by atoms with E-state index < -0.39 is 0 Å². The molecule has 0 saturated heterocycles. The third kappa shape index (κ3) is 11.0. The Bertz CT molecular complexity index is 2010. The second-order valence-electron chi connectivity index (χ2n) is 14.4. The molecular weight excluding hydrogens is 793 g/mol. The molecule has 0 aliphatic carbocycles. The van der Waals surface area contributed by atoms with E-state index in [2.05, 4.69) is 254 Å². The van der Waals surface area contributed by atoms with Gasteiger partial charge in [0, 0.05) is 22.2 Å². The number of benzene rings is 8. The summed E-state index contributed by atoms with van der Waals surface area (Å²) in [5, 5.41) is 0. The SMILES string of the molecule is c1ccc(C([Si]C([Si]C(c2ccccc2)c2ccccc2)=S=C([Si]C(c2ccccc2)c2ccccc2)[Si]C(c2ccccc2)c2ccccc2)c2ccccc2)cc1. The monoisotopic (exact) mass is 836 g/mol. The molecule has 8 radical (unpaired) electrons. The number of hydrogen-bond acceptors (Lipinski definition) is 0. The van der Waals surface area contributed by atoms with E-state index in [4.69, 9.17) is 0 Å². The molecule has 0 heterocycles. The lowest BCUT2D eigenvalue weighted by Crippen LogP contribution is -2.31. The highest BCUT2D eigenvalue weighted by Gasteiger charge is 2.26. The van der Waals surface area contributed by atoms with Gasteiger partial charge in [-0.25, -0.2) is 0 Å². The van der Waals surface area contributed by atoms with Crippen LogP contribution in [0.3, 0.4) is 0 Å². The molecule has 0 aliphatic rings. The second-order valence-corrected chi connectivity index (χ2v) is 23.3. The van der Waals surface area contributed by atoms with Crippen LogP contribution in [0.1, 0.15) is 66.7 Å². The van der Waals surface area contributed by atoms with Crippen molar-refractivity contribution in [2.45, 2.75) is 22.2 Å². The first kappa shape index (κ1) is 40.4. The van der Waals surface area contributed by atoms with E-state index >= 15 is 0 Å². The molecule has 8 rings (SSSR count). The Labute approximate surface area is 364 Å². The minimum Gasteiger partial charge on any atom is -0.174 e. The van der Waals surface area contributed by atoms with Crippen LogP contribution in [0.25, 0.3) is 0 Å². The Morgan fingerprint density at radius 2 is 0.356 bits per heavy atom. The molecule has 5 heteroatoms. The van der Waals surface area contributed by atoms with E-state index in [0.29, 0.717) is 38.1 Å². The molecule has 59 heavy (non-hydrogen) atoms. The maximum absolute atomic E-state index is 2.33. The summed E-state index contributed by atoms with van der Waals surface area (Å²) >= 11 is 0. The van der Waals surface area contributed by atoms with E-state index in [-0.39, 0.29) is 22.2 Å². The van der Waals surface area contributed by atoms with Crippen LogP contribution >= 0.6 is 10.9 Å². The molecule has 282 valence electrons. The molecule has 0 bridgehead atoms. The largest absolute Gasteiger partial charge is 0.174 e. The Kier molecular flexibility index (Phi) is 14.4. The lowest BCUT2D eigenvalue weighted by Gasteiger charge is -2.24. The average molecular weight is 837 g/mol. The normalized spacial score (nSPS) is 11.3. The Balaban J connectivity index is 1.36. The molecular formula is C54H44SSi4. The highest BCUT2D eigenvalue weighted by molar-refractivity contribution is 8.07. The van der Waals surface area contributed by atoms with Crippen LogP contribution in [0.15, 0.2) is 243 Å². The van der Waals surface area contributed by atoms with Gasteiger partial charge >= 0.3 is 0 Å². The van der Waals surface area contributed by atoms with Gasteiger partial charge in [0.1, 0.15) is 0 Å².